The van der Waals surface area contributed by atoms with Crippen LogP contribution in [-0.2, 0) is 35.1 Å². The number of carbonyl (C=O) groups excluding carboxylic acids is 3. The number of carboxylic acid groups (broad SMARTS) is 1. The SMILES string of the molecule is CCCC(C)C(=O)OCOC(=O)C(Cc1c[nH]c2ccccc12)NC(=O)CC[C@@H](N)C(=O)O. The number of ether oxygens (including phenoxy) is 2. The molecule has 1 aromatic heterocycles. The zero-order valence-electron chi connectivity index (χ0n) is 18.8. The van der Waals surface area contributed by atoms with E-state index >= 15 is 0 Å². The van der Waals surface area contributed by atoms with Gasteiger partial charge in [0, 0.05) is 29.9 Å². The fourth-order valence-corrected chi connectivity index (χ4v) is 3.33. The number of nitrogens with one attached hydrogen (secondary N) is 2. The van der Waals surface area contributed by atoms with Crippen LogP contribution in [0.15, 0.2) is 30.5 Å². The second kappa shape index (κ2) is 12.6. The number of rotatable bonds is 13. The number of fused-ring (bicyclic) bond motifs is 1. The van der Waals surface area contributed by atoms with E-state index in [9.17, 15) is 19.2 Å². The molecule has 0 aliphatic rings. The van der Waals surface area contributed by atoms with Crippen molar-refractivity contribution in [2.45, 2.75) is 58.0 Å². The van der Waals surface area contributed by atoms with Crippen molar-refractivity contribution in [1.29, 1.82) is 0 Å². The predicted molar refractivity (Wildman–Crippen MR) is 120 cm³/mol. The minimum absolute atomic E-state index is 0.0804. The van der Waals surface area contributed by atoms with Crippen LogP contribution in [-0.4, -0.2) is 52.8 Å². The number of benzene rings is 1. The standard InChI is InChI=1S/C23H31N3O7/c1-3-6-14(2)22(30)32-13-33-23(31)19(26-20(27)10-9-17(24)21(28)29)11-15-12-25-18-8-5-4-7-16(15)18/h4-5,7-8,12,14,17,19,25H,3,6,9-11,13,24H2,1-2H3,(H,26,27)(H,28,29)/t14?,17-,19?/m1/s1. The van der Waals surface area contributed by atoms with Gasteiger partial charge in [-0.15, -0.1) is 0 Å². The van der Waals surface area contributed by atoms with E-state index < -0.39 is 42.7 Å². The van der Waals surface area contributed by atoms with Gasteiger partial charge >= 0.3 is 17.9 Å². The second-order valence-corrected chi connectivity index (χ2v) is 7.90. The summed E-state index contributed by atoms with van der Waals surface area (Å²) in [5.41, 5.74) is 7.10. The Balaban J connectivity index is 2.04. The van der Waals surface area contributed by atoms with Crippen molar-refractivity contribution < 1.29 is 33.8 Å². The summed E-state index contributed by atoms with van der Waals surface area (Å²) in [6, 6.07) is 5.25. The van der Waals surface area contributed by atoms with E-state index in [-0.39, 0.29) is 25.2 Å². The molecule has 1 aromatic carbocycles. The molecule has 0 saturated carbocycles. The maximum atomic E-state index is 12.7. The zero-order valence-corrected chi connectivity index (χ0v) is 18.8. The van der Waals surface area contributed by atoms with E-state index in [4.69, 9.17) is 20.3 Å². The Morgan fingerprint density at radius 1 is 1.12 bits per heavy atom. The Morgan fingerprint density at radius 2 is 1.82 bits per heavy atom. The van der Waals surface area contributed by atoms with Gasteiger partial charge < -0.3 is 30.6 Å². The van der Waals surface area contributed by atoms with Gasteiger partial charge in [0.2, 0.25) is 12.7 Å². The molecule has 10 nitrogen and oxygen atoms in total. The van der Waals surface area contributed by atoms with Gasteiger partial charge in [0.15, 0.2) is 0 Å². The second-order valence-electron chi connectivity index (χ2n) is 7.90. The van der Waals surface area contributed by atoms with Gasteiger partial charge in [-0.3, -0.25) is 14.4 Å². The lowest BCUT2D eigenvalue weighted by molar-refractivity contribution is -0.171. The normalized spacial score (nSPS) is 13.7. The molecule has 0 radical (unpaired) electrons. The van der Waals surface area contributed by atoms with Crippen molar-refractivity contribution in [3.8, 4) is 0 Å². The molecule has 1 amide bonds. The lowest BCUT2D eigenvalue weighted by Crippen LogP contribution is -2.44. The summed E-state index contributed by atoms with van der Waals surface area (Å²) < 4.78 is 10.1. The molecule has 3 atom stereocenters. The van der Waals surface area contributed by atoms with Crippen molar-refractivity contribution in [1.82, 2.24) is 10.3 Å². The average molecular weight is 462 g/mol. The smallest absolute Gasteiger partial charge is 0.331 e. The van der Waals surface area contributed by atoms with Gasteiger partial charge in [-0.2, -0.15) is 0 Å². The van der Waals surface area contributed by atoms with Crippen molar-refractivity contribution in [2.75, 3.05) is 6.79 Å². The largest absolute Gasteiger partial charge is 0.480 e. The third-order valence-corrected chi connectivity index (χ3v) is 5.24. The summed E-state index contributed by atoms with van der Waals surface area (Å²) in [5.74, 6) is -3.30. The Labute approximate surface area is 191 Å². The Bertz CT molecular complexity index is 972. The van der Waals surface area contributed by atoms with Crippen LogP contribution in [0.5, 0.6) is 0 Å². The molecule has 0 spiro atoms. The molecule has 0 fully saturated rings. The van der Waals surface area contributed by atoms with E-state index in [0.717, 1.165) is 22.9 Å². The van der Waals surface area contributed by atoms with Crippen molar-refractivity contribution in [3.63, 3.8) is 0 Å². The molecule has 10 heteroatoms. The number of aromatic nitrogens is 1. The van der Waals surface area contributed by atoms with Crippen LogP contribution in [0.1, 0.15) is 45.1 Å². The first-order valence-electron chi connectivity index (χ1n) is 10.9. The highest BCUT2D eigenvalue weighted by atomic mass is 16.7. The Kier molecular flexibility index (Phi) is 9.86. The highest BCUT2D eigenvalue weighted by molar-refractivity contribution is 5.87. The molecule has 180 valence electrons. The van der Waals surface area contributed by atoms with Crippen LogP contribution < -0.4 is 11.1 Å². The van der Waals surface area contributed by atoms with Crippen LogP contribution >= 0.6 is 0 Å². The van der Waals surface area contributed by atoms with Gasteiger partial charge in [0.05, 0.1) is 5.92 Å². The molecule has 0 aliphatic heterocycles. The molecular weight excluding hydrogens is 430 g/mol. The van der Waals surface area contributed by atoms with Gasteiger partial charge in [-0.05, 0) is 24.5 Å². The average Bonchev–Trinajstić information content (AvgIpc) is 3.19. The summed E-state index contributed by atoms with van der Waals surface area (Å²) in [4.78, 5) is 51.0. The van der Waals surface area contributed by atoms with Crippen LogP contribution in [0.25, 0.3) is 10.9 Å². The summed E-state index contributed by atoms with van der Waals surface area (Å²) in [6.45, 7) is 3.12. The topological polar surface area (TPSA) is 161 Å². The number of aliphatic carboxylic acids is 1. The van der Waals surface area contributed by atoms with Crippen LogP contribution in [0.3, 0.4) is 0 Å². The molecule has 1 heterocycles. The molecule has 0 bridgehead atoms. The summed E-state index contributed by atoms with van der Waals surface area (Å²) in [6.07, 6.45) is 3.09. The number of aromatic amines is 1. The molecule has 5 N–H and O–H groups in total. The third kappa shape index (κ3) is 7.90. The van der Waals surface area contributed by atoms with Crippen molar-refractivity contribution in [2.24, 2.45) is 11.7 Å². The number of esters is 2. The van der Waals surface area contributed by atoms with Crippen molar-refractivity contribution in [3.05, 3.63) is 36.0 Å². The first-order valence-corrected chi connectivity index (χ1v) is 10.9. The van der Waals surface area contributed by atoms with Crippen LogP contribution in [0.4, 0.5) is 0 Å². The zero-order chi connectivity index (χ0) is 24.4. The summed E-state index contributed by atoms with van der Waals surface area (Å²) >= 11 is 0. The van der Waals surface area contributed by atoms with Gasteiger partial charge in [-0.25, -0.2) is 4.79 Å². The van der Waals surface area contributed by atoms with E-state index in [1.165, 1.54) is 0 Å². The number of carboxylic acids is 1. The number of hydrogen-bond donors (Lipinski definition) is 4. The molecule has 33 heavy (non-hydrogen) atoms. The summed E-state index contributed by atoms with van der Waals surface area (Å²) in [5, 5.41) is 12.3. The quantitative estimate of drug-likeness (QED) is 0.260. The number of carbonyl (C=O) groups is 4. The number of para-hydroxylation sites is 1. The van der Waals surface area contributed by atoms with E-state index in [0.29, 0.717) is 6.42 Å². The first kappa shape index (κ1) is 25.9. The monoisotopic (exact) mass is 461 g/mol. The minimum Gasteiger partial charge on any atom is -0.480 e. The maximum absolute atomic E-state index is 12.7. The van der Waals surface area contributed by atoms with E-state index in [1.807, 2.05) is 31.2 Å². The molecule has 0 saturated heterocycles. The molecule has 2 aromatic rings. The number of nitrogens with two attached hydrogens (primary N) is 1. The molecule has 2 unspecified atom stereocenters. The predicted octanol–water partition coefficient (Wildman–Crippen LogP) is 1.87. The van der Waals surface area contributed by atoms with Gasteiger partial charge in [0.25, 0.3) is 0 Å². The third-order valence-electron chi connectivity index (χ3n) is 5.24. The maximum Gasteiger partial charge on any atom is 0.331 e. The lowest BCUT2D eigenvalue weighted by Gasteiger charge is -2.18. The van der Waals surface area contributed by atoms with E-state index in [1.54, 1.807) is 13.1 Å². The van der Waals surface area contributed by atoms with Gasteiger partial charge in [0.1, 0.15) is 12.1 Å². The number of hydrogen-bond acceptors (Lipinski definition) is 7. The highest BCUT2D eigenvalue weighted by Crippen LogP contribution is 2.19. The van der Waals surface area contributed by atoms with Crippen LogP contribution in [0, 0.1) is 5.92 Å². The summed E-state index contributed by atoms with van der Waals surface area (Å²) in [7, 11) is 0. The molecule has 0 aliphatic carbocycles. The highest BCUT2D eigenvalue weighted by Gasteiger charge is 2.25. The van der Waals surface area contributed by atoms with Gasteiger partial charge in [-0.1, -0.05) is 38.5 Å². The lowest BCUT2D eigenvalue weighted by atomic mass is 10.0. The van der Waals surface area contributed by atoms with Crippen LogP contribution in [0.2, 0.25) is 0 Å². The number of amides is 1. The fourth-order valence-electron chi connectivity index (χ4n) is 3.33. The van der Waals surface area contributed by atoms with E-state index in [2.05, 4.69) is 10.3 Å². The fraction of sp³-hybridized carbons (Fsp3) is 0.478. The number of H-pyrrole nitrogens is 1. The minimum atomic E-state index is -1.21. The Morgan fingerprint density at radius 3 is 2.52 bits per heavy atom. The molecule has 2 rings (SSSR count). The Hall–Kier alpha value is -3.40. The molecular formula is C23H31N3O7. The first-order chi connectivity index (χ1) is 15.7. The van der Waals surface area contributed by atoms with Crippen molar-refractivity contribution >= 4 is 34.7 Å².